The summed E-state index contributed by atoms with van der Waals surface area (Å²) in [6, 6.07) is 12.4. The van der Waals surface area contributed by atoms with Crippen LogP contribution in [-0.2, 0) is 10.0 Å². The van der Waals surface area contributed by atoms with Crippen molar-refractivity contribution >= 4 is 49.3 Å². The van der Waals surface area contributed by atoms with Gasteiger partial charge >= 0.3 is 0 Å². The van der Waals surface area contributed by atoms with Gasteiger partial charge in [0.25, 0.3) is 0 Å². The highest BCUT2D eigenvalue weighted by atomic mass is 79.9. The number of rotatable bonds is 5. The van der Waals surface area contributed by atoms with E-state index < -0.39 is 10.0 Å². The van der Waals surface area contributed by atoms with E-state index in [9.17, 15) is 8.42 Å². The molecule has 0 spiro atoms. The van der Waals surface area contributed by atoms with E-state index >= 15 is 0 Å². The van der Waals surface area contributed by atoms with Crippen LogP contribution in [0.15, 0.2) is 51.8 Å². The Morgan fingerprint density at radius 1 is 1.28 bits per heavy atom. The molecule has 25 heavy (non-hydrogen) atoms. The molecule has 2 aromatic carbocycles. The van der Waals surface area contributed by atoms with Gasteiger partial charge in [-0.3, -0.25) is 0 Å². The van der Waals surface area contributed by atoms with Crippen LogP contribution in [0.2, 0.25) is 5.02 Å². The zero-order valence-corrected chi connectivity index (χ0v) is 17.5. The molecule has 1 unspecified atom stereocenters. The Kier molecular flexibility index (Phi) is 6.00. The highest BCUT2D eigenvalue weighted by Crippen LogP contribution is 2.43. The maximum Gasteiger partial charge on any atom is 0.248 e. The molecule has 1 fully saturated rings. The lowest BCUT2D eigenvalue weighted by Gasteiger charge is -2.24. The molecular formula is C17H17BrClNO3S2. The molecule has 1 saturated heterocycles. The van der Waals surface area contributed by atoms with Crippen molar-refractivity contribution in [1.82, 2.24) is 4.31 Å². The Balaban J connectivity index is 2.01. The van der Waals surface area contributed by atoms with Gasteiger partial charge < -0.3 is 4.74 Å². The standard InChI is InChI=1S/C17H17BrClNO3S2/c1-2-23-15-8-5-13(18)11-16(15)25(21,22)20-9-10-24-17(20)12-3-6-14(19)7-4-12/h3-8,11,17H,2,9-10H2,1H3. The Morgan fingerprint density at radius 2 is 2.00 bits per heavy atom. The number of benzene rings is 2. The average Bonchev–Trinajstić information content (AvgIpc) is 3.08. The number of sulfonamides is 1. The van der Waals surface area contributed by atoms with E-state index in [2.05, 4.69) is 15.9 Å². The molecule has 1 heterocycles. The second kappa shape index (κ2) is 7.88. The van der Waals surface area contributed by atoms with Gasteiger partial charge in [-0.2, -0.15) is 4.31 Å². The molecule has 0 amide bonds. The molecule has 0 aliphatic carbocycles. The first-order chi connectivity index (χ1) is 11.9. The molecule has 8 heteroatoms. The minimum Gasteiger partial charge on any atom is -0.492 e. The first kappa shape index (κ1) is 19.0. The summed E-state index contributed by atoms with van der Waals surface area (Å²) in [7, 11) is -3.70. The van der Waals surface area contributed by atoms with Crippen molar-refractivity contribution in [2.24, 2.45) is 0 Å². The molecular weight excluding hydrogens is 446 g/mol. The summed E-state index contributed by atoms with van der Waals surface area (Å²) in [5, 5.41) is 0.363. The second-order valence-corrected chi connectivity index (χ2v) is 9.81. The van der Waals surface area contributed by atoms with E-state index in [-0.39, 0.29) is 10.3 Å². The van der Waals surface area contributed by atoms with Gasteiger partial charge in [-0.25, -0.2) is 8.42 Å². The fraction of sp³-hybridized carbons (Fsp3) is 0.294. The molecule has 1 aliphatic rings. The molecule has 0 saturated carbocycles. The summed E-state index contributed by atoms with van der Waals surface area (Å²) in [5.41, 5.74) is 0.920. The van der Waals surface area contributed by atoms with Gasteiger partial charge in [0.2, 0.25) is 10.0 Å². The minimum atomic E-state index is -3.70. The van der Waals surface area contributed by atoms with E-state index in [4.69, 9.17) is 16.3 Å². The summed E-state index contributed by atoms with van der Waals surface area (Å²) in [6.45, 7) is 2.69. The Morgan fingerprint density at radius 3 is 2.68 bits per heavy atom. The average molecular weight is 463 g/mol. The van der Waals surface area contributed by atoms with Gasteiger partial charge in [0.15, 0.2) is 0 Å². The van der Waals surface area contributed by atoms with Crippen molar-refractivity contribution in [2.45, 2.75) is 17.2 Å². The molecule has 134 valence electrons. The maximum atomic E-state index is 13.3. The lowest BCUT2D eigenvalue weighted by molar-refractivity contribution is 0.329. The number of hydrogen-bond acceptors (Lipinski definition) is 4. The molecule has 3 rings (SSSR count). The lowest BCUT2D eigenvalue weighted by atomic mass is 10.2. The van der Waals surface area contributed by atoms with Crippen LogP contribution in [0.3, 0.4) is 0 Å². The van der Waals surface area contributed by atoms with Gasteiger partial charge in [-0.15, -0.1) is 11.8 Å². The predicted molar refractivity (Wildman–Crippen MR) is 106 cm³/mol. The quantitative estimate of drug-likeness (QED) is 0.631. The number of halogens is 2. The van der Waals surface area contributed by atoms with Gasteiger partial charge in [0, 0.05) is 21.8 Å². The van der Waals surface area contributed by atoms with Gasteiger partial charge in [0.1, 0.15) is 10.6 Å². The van der Waals surface area contributed by atoms with E-state index in [0.717, 1.165) is 11.3 Å². The first-order valence-electron chi connectivity index (χ1n) is 7.74. The Hall–Kier alpha value is -0.730. The number of nitrogens with zero attached hydrogens (tertiary/aromatic N) is 1. The topological polar surface area (TPSA) is 46.6 Å². The molecule has 1 atom stereocenters. The summed E-state index contributed by atoms with van der Waals surface area (Å²) >= 11 is 10.9. The van der Waals surface area contributed by atoms with Crippen LogP contribution >= 0.6 is 39.3 Å². The van der Waals surface area contributed by atoms with Crippen LogP contribution < -0.4 is 4.74 Å². The molecule has 0 N–H and O–H groups in total. The summed E-state index contributed by atoms with van der Waals surface area (Å²) < 4.78 is 34.4. The largest absolute Gasteiger partial charge is 0.492 e. The number of thioether (sulfide) groups is 1. The molecule has 2 aromatic rings. The SMILES string of the molecule is CCOc1ccc(Br)cc1S(=O)(=O)N1CCSC1c1ccc(Cl)cc1. The summed E-state index contributed by atoms with van der Waals surface area (Å²) in [5.74, 6) is 1.11. The van der Waals surface area contributed by atoms with Crippen molar-refractivity contribution in [3.05, 3.63) is 57.5 Å². The Bertz CT molecular complexity index is 859. The van der Waals surface area contributed by atoms with Crippen LogP contribution in [0.4, 0.5) is 0 Å². The van der Waals surface area contributed by atoms with Crippen LogP contribution in [0.25, 0.3) is 0 Å². The number of ether oxygens (including phenoxy) is 1. The van der Waals surface area contributed by atoms with Crippen molar-refractivity contribution < 1.29 is 13.2 Å². The van der Waals surface area contributed by atoms with Gasteiger partial charge in [-0.1, -0.05) is 39.7 Å². The zero-order valence-electron chi connectivity index (χ0n) is 13.5. The molecule has 1 aliphatic heterocycles. The summed E-state index contributed by atoms with van der Waals surface area (Å²) in [4.78, 5) is 0.185. The molecule has 4 nitrogen and oxygen atoms in total. The van der Waals surface area contributed by atoms with Crippen LogP contribution in [0, 0.1) is 0 Å². The fourth-order valence-corrected chi connectivity index (χ4v) is 6.71. The van der Waals surface area contributed by atoms with Crippen molar-refractivity contribution in [3.8, 4) is 5.75 Å². The van der Waals surface area contributed by atoms with E-state index in [1.165, 1.54) is 4.31 Å². The van der Waals surface area contributed by atoms with Crippen LogP contribution in [-0.4, -0.2) is 31.6 Å². The second-order valence-electron chi connectivity index (χ2n) is 5.41. The number of hydrogen-bond donors (Lipinski definition) is 0. The molecule has 0 aromatic heterocycles. The van der Waals surface area contributed by atoms with Gasteiger partial charge in [-0.05, 0) is 42.8 Å². The third-order valence-corrected chi connectivity index (χ3v) is 7.82. The normalized spacial score (nSPS) is 18.4. The Labute approximate surface area is 165 Å². The van der Waals surface area contributed by atoms with Crippen LogP contribution in [0.5, 0.6) is 5.75 Å². The van der Waals surface area contributed by atoms with E-state index in [1.807, 2.05) is 19.1 Å². The highest BCUT2D eigenvalue weighted by molar-refractivity contribution is 9.10. The molecule has 0 radical (unpaired) electrons. The highest BCUT2D eigenvalue weighted by Gasteiger charge is 2.38. The maximum absolute atomic E-state index is 13.3. The van der Waals surface area contributed by atoms with Crippen LogP contribution in [0.1, 0.15) is 17.9 Å². The minimum absolute atomic E-state index is 0.185. The fourth-order valence-electron chi connectivity index (χ4n) is 2.68. The third-order valence-electron chi connectivity index (χ3n) is 3.80. The van der Waals surface area contributed by atoms with Crippen molar-refractivity contribution in [2.75, 3.05) is 18.9 Å². The van der Waals surface area contributed by atoms with Gasteiger partial charge in [0.05, 0.1) is 12.0 Å². The monoisotopic (exact) mass is 461 g/mol. The van der Waals surface area contributed by atoms with E-state index in [0.29, 0.717) is 28.4 Å². The predicted octanol–water partition coefficient (Wildman–Crippen LogP) is 4.94. The van der Waals surface area contributed by atoms with Crippen molar-refractivity contribution in [3.63, 3.8) is 0 Å². The lowest BCUT2D eigenvalue weighted by Crippen LogP contribution is -2.31. The third kappa shape index (κ3) is 4.01. The summed E-state index contributed by atoms with van der Waals surface area (Å²) in [6.07, 6.45) is 0. The smallest absolute Gasteiger partial charge is 0.248 e. The molecule has 0 bridgehead atoms. The van der Waals surface area contributed by atoms with Crippen molar-refractivity contribution in [1.29, 1.82) is 0 Å². The van der Waals surface area contributed by atoms with E-state index in [1.54, 1.807) is 42.1 Å². The first-order valence-corrected chi connectivity index (χ1v) is 11.4. The zero-order chi connectivity index (χ0) is 18.0.